The van der Waals surface area contributed by atoms with Crippen LogP contribution >= 0.6 is 0 Å². The summed E-state index contributed by atoms with van der Waals surface area (Å²) in [5, 5.41) is 0. The normalized spacial score (nSPS) is 12.8. The second-order valence-corrected chi connectivity index (χ2v) is 4.38. The van der Waals surface area contributed by atoms with Crippen LogP contribution in [0.3, 0.4) is 0 Å². The monoisotopic (exact) mass is 233 g/mol. The van der Waals surface area contributed by atoms with Crippen LogP contribution in [0.15, 0.2) is 24.3 Å². The molecule has 2 nitrogen and oxygen atoms in total. The molecule has 1 unspecified atom stereocenters. The van der Waals surface area contributed by atoms with Crippen molar-refractivity contribution in [1.82, 2.24) is 4.90 Å². The minimum atomic E-state index is 0.0210. The van der Waals surface area contributed by atoms with Gasteiger partial charge in [0.05, 0.1) is 6.04 Å². The van der Waals surface area contributed by atoms with Crippen LogP contribution in [0, 0.1) is 6.92 Å². The van der Waals surface area contributed by atoms with Crippen LogP contribution in [0.5, 0.6) is 0 Å². The predicted octanol–water partition coefficient (Wildman–Crippen LogP) is 3.30. The van der Waals surface area contributed by atoms with Gasteiger partial charge in [-0.2, -0.15) is 0 Å². The Hall–Kier alpha value is -1.15. The van der Waals surface area contributed by atoms with Gasteiger partial charge in [0.25, 0.3) is 0 Å². The first kappa shape index (κ1) is 13.9. The van der Waals surface area contributed by atoms with Gasteiger partial charge < -0.3 is 0 Å². The number of Topliss-reactive ketones (excluding diaryl/α,β-unsaturated/α-hetero) is 1. The molecule has 1 rings (SSSR count). The summed E-state index contributed by atoms with van der Waals surface area (Å²) in [7, 11) is 0. The molecule has 0 amide bonds. The first-order valence-corrected chi connectivity index (χ1v) is 6.48. The van der Waals surface area contributed by atoms with E-state index in [-0.39, 0.29) is 11.8 Å². The summed E-state index contributed by atoms with van der Waals surface area (Å²) < 4.78 is 0. The third kappa shape index (κ3) is 3.40. The van der Waals surface area contributed by atoms with Gasteiger partial charge in [0.2, 0.25) is 0 Å². The molecule has 1 atom stereocenters. The van der Waals surface area contributed by atoms with Crippen molar-refractivity contribution in [3.63, 3.8) is 0 Å². The van der Waals surface area contributed by atoms with Crippen LogP contribution < -0.4 is 0 Å². The first-order chi connectivity index (χ1) is 8.13. The van der Waals surface area contributed by atoms with Gasteiger partial charge in [0, 0.05) is 5.56 Å². The van der Waals surface area contributed by atoms with Crippen molar-refractivity contribution in [2.75, 3.05) is 13.1 Å². The number of aryl methyl sites for hydroxylation is 1. The highest BCUT2D eigenvalue weighted by Crippen LogP contribution is 2.13. The number of ketones is 1. The fourth-order valence-electron chi connectivity index (χ4n) is 2.18. The van der Waals surface area contributed by atoms with E-state index in [4.69, 9.17) is 0 Å². The van der Waals surface area contributed by atoms with Gasteiger partial charge in [0.1, 0.15) is 0 Å². The topological polar surface area (TPSA) is 20.3 Å². The number of benzene rings is 1. The molecule has 1 aromatic carbocycles. The average molecular weight is 233 g/mol. The van der Waals surface area contributed by atoms with E-state index in [1.165, 1.54) is 5.56 Å². The Balaban J connectivity index is 2.89. The second-order valence-electron chi connectivity index (χ2n) is 4.38. The van der Waals surface area contributed by atoms with Gasteiger partial charge in [-0.25, -0.2) is 0 Å². The van der Waals surface area contributed by atoms with Crippen molar-refractivity contribution >= 4 is 5.78 Å². The summed E-state index contributed by atoms with van der Waals surface area (Å²) >= 11 is 0. The van der Waals surface area contributed by atoms with Gasteiger partial charge in [-0.05, 0) is 26.4 Å². The summed E-state index contributed by atoms with van der Waals surface area (Å²) in [5.41, 5.74) is 2.02. The van der Waals surface area contributed by atoms with E-state index in [1.54, 1.807) is 0 Å². The molecule has 0 saturated heterocycles. The Bertz CT molecular complexity index is 352. The number of nitrogens with zero attached hydrogens (tertiary/aromatic N) is 1. The van der Waals surface area contributed by atoms with E-state index >= 15 is 0 Å². The summed E-state index contributed by atoms with van der Waals surface area (Å²) in [6, 6.07) is 7.89. The molecule has 2 heteroatoms. The molecular formula is C15H23NO. The molecule has 94 valence electrons. The van der Waals surface area contributed by atoms with E-state index in [1.807, 2.05) is 31.2 Å². The molecule has 1 aromatic rings. The summed E-state index contributed by atoms with van der Waals surface area (Å²) in [4.78, 5) is 14.6. The molecule has 0 bridgehead atoms. The highest BCUT2D eigenvalue weighted by molar-refractivity contribution is 6.00. The fraction of sp³-hybridized carbons (Fsp3) is 0.533. The van der Waals surface area contributed by atoms with Crippen molar-refractivity contribution in [3.8, 4) is 0 Å². The van der Waals surface area contributed by atoms with Crippen LogP contribution in [0.4, 0.5) is 0 Å². The fourth-order valence-corrected chi connectivity index (χ4v) is 2.18. The Morgan fingerprint density at radius 2 is 1.65 bits per heavy atom. The molecule has 17 heavy (non-hydrogen) atoms. The average Bonchev–Trinajstić information content (AvgIpc) is 2.36. The molecular weight excluding hydrogens is 210 g/mol. The lowest BCUT2D eigenvalue weighted by Gasteiger charge is -2.27. The van der Waals surface area contributed by atoms with Crippen LogP contribution in [0.2, 0.25) is 0 Å². The maximum absolute atomic E-state index is 12.4. The largest absolute Gasteiger partial charge is 0.294 e. The second kappa shape index (κ2) is 6.55. The zero-order valence-electron chi connectivity index (χ0n) is 11.4. The van der Waals surface area contributed by atoms with Gasteiger partial charge in [0.15, 0.2) is 5.78 Å². The number of hydrogen-bond acceptors (Lipinski definition) is 2. The predicted molar refractivity (Wildman–Crippen MR) is 72.5 cm³/mol. The lowest BCUT2D eigenvalue weighted by Crippen LogP contribution is -2.40. The lowest BCUT2D eigenvalue weighted by atomic mass is 10.00. The summed E-state index contributed by atoms with van der Waals surface area (Å²) in [5.74, 6) is 0.246. The van der Waals surface area contributed by atoms with E-state index in [0.717, 1.165) is 25.1 Å². The molecule has 0 spiro atoms. The third-order valence-electron chi connectivity index (χ3n) is 3.28. The Morgan fingerprint density at radius 1 is 1.12 bits per heavy atom. The lowest BCUT2D eigenvalue weighted by molar-refractivity contribution is 0.0826. The van der Waals surface area contributed by atoms with E-state index in [0.29, 0.717) is 0 Å². The SMILES string of the molecule is CCC(C(=O)c1ccc(C)cc1)N(CC)CC. The van der Waals surface area contributed by atoms with Crippen molar-refractivity contribution < 1.29 is 4.79 Å². The quantitative estimate of drug-likeness (QED) is 0.703. The molecule has 0 aliphatic carbocycles. The standard InChI is InChI=1S/C15H23NO/c1-5-14(16(6-2)7-3)15(17)13-10-8-12(4)9-11-13/h8-11,14H,5-7H2,1-4H3. The molecule has 0 heterocycles. The van der Waals surface area contributed by atoms with Crippen molar-refractivity contribution in [2.45, 2.75) is 40.2 Å². The smallest absolute Gasteiger partial charge is 0.179 e. The number of likely N-dealkylation sites (N-methyl/N-ethyl adjacent to an activating group) is 1. The minimum Gasteiger partial charge on any atom is -0.294 e. The maximum Gasteiger partial charge on any atom is 0.179 e. The number of carbonyl (C=O) groups is 1. The van der Waals surface area contributed by atoms with Crippen LogP contribution in [0.1, 0.15) is 43.1 Å². The van der Waals surface area contributed by atoms with E-state index in [2.05, 4.69) is 25.7 Å². The molecule has 0 aliphatic heterocycles. The van der Waals surface area contributed by atoms with Crippen LogP contribution in [-0.2, 0) is 0 Å². The van der Waals surface area contributed by atoms with Gasteiger partial charge in [-0.15, -0.1) is 0 Å². The Morgan fingerprint density at radius 3 is 2.06 bits per heavy atom. The van der Waals surface area contributed by atoms with Crippen LogP contribution in [-0.4, -0.2) is 29.8 Å². The number of rotatable bonds is 6. The Labute approximate surface area is 105 Å². The summed E-state index contributed by atoms with van der Waals surface area (Å²) in [6.07, 6.45) is 0.869. The van der Waals surface area contributed by atoms with E-state index < -0.39 is 0 Å². The van der Waals surface area contributed by atoms with Gasteiger partial charge in [-0.3, -0.25) is 9.69 Å². The highest BCUT2D eigenvalue weighted by atomic mass is 16.1. The van der Waals surface area contributed by atoms with Crippen LogP contribution in [0.25, 0.3) is 0 Å². The molecule has 0 radical (unpaired) electrons. The van der Waals surface area contributed by atoms with Gasteiger partial charge >= 0.3 is 0 Å². The zero-order chi connectivity index (χ0) is 12.8. The molecule has 0 N–H and O–H groups in total. The molecule has 0 aromatic heterocycles. The van der Waals surface area contributed by atoms with Gasteiger partial charge in [-0.1, -0.05) is 50.6 Å². The first-order valence-electron chi connectivity index (χ1n) is 6.48. The molecule has 0 saturated carbocycles. The summed E-state index contributed by atoms with van der Waals surface area (Å²) in [6.45, 7) is 10.2. The number of carbonyl (C=O) groups excluding carboxylic acids is 1. The van der Waals surface area contributed by atoms with E-state index in [9.17, 15) is 4.79 Å². The highest BCUT2D eigenvalue weighted by Gasteiger charge is 2.22. The third-order valence-corrected chi connectivity index (χ3v) is 3.28. The molecule has 0 aliphatic rings. The maximum atomic E-state index is 12.4. The minimum absolute atomic E-state index is 0.0210. The van der Waals surface area contributed by atoms with Crippen molar-refractivity contribution in [3.05, 3.63) is 35.4 Å². The van der Waals surface area contributed by atoms with Crippen molar-refractivity contribution in [2.24, 2.45) is 0 Å². The number of hydrogen-bond donors (Lipinski definition) is 0. The zero-order valence-corrected chi connectivity index (χ0v) is 11.4. The Kier molecular flexibility index (Phi) is 5.36. The molecule has 0 fully saturated rings. The van der Waals surface area contributed by atoms with Crippen molar-refractivity contribution in [1.29, 1.82) is 0 Å².